The van der Waals surface area contributed by atoms with Crippen molar-refractivity contribution in [3.05, 3.63) is 12.2 Å². The van der Waals surface area contributed by atoms with E-state index >= 15 is 0 Å². The fourth-order valence-corrected chi connectivity index (χ4v) is 1.60. The van der Waals surface area contributed by atoms with Crippen molar-refractivity contribution in [2.45, 2.75) is 37.7 Å². The summed E-state index contributed by atoms with van der Waals surface area (Å²) in [6.45, 7) is 0.0301. The van der Waals surface area contributed by atoms with Gasteiger partial charge in [0, 0.05) is 0 Å². The molecule has 0 aliphatic heterocycles. The van der Waals surface area contributed by atoms with Crippen molar-refractivity contribution in [1.82, 2.24) is 0 Å². The lowest BCUT2D eigenvalue weighted by Crippen LogP contribution is -2.28. The Kier molecular flexibility index (Phi) is 3.09. The highest BCUT2D eigenvalue weighted by Gasteiger charge is 2.25. The van der Waals surface area contributed by atoms with Crippen LogP contribution in [-0.4, -0.2) is 22.4 Å². The number of hydrogen-bond donors (Lipinski definition) is 2. The molecule has 2 N–H and O–H groups in total. The molecular weight excluding hydrogens is 140 g/mol. The highest BCUT2D eigenvalue weighted by molar-refractivity contribution is 5.02. The van der Waals surface area contributed by atoms with Crippen LogP contribution >= 0.6 is 0 Å². The van der Waals surface area contributed by atoms with E-state index in [0.717, 1.165) is 25.7 Å². The van der Waals surface area contributed by atoms with Crippen LogP contribution in [0.3, 0.4) is 0 Å². The third-order valence-electron chi connectivity index (χ3n) is 2.25. The van der Waals surface area contributed by atoms with Gasteiger partial charge in [0.2, 0.25) is 0 Å². The Morgan fingerprint density at radius 1 is 1.18 bits per heavy atom. The first-order chi connectivity index (χ1) is 5.27. The molecule has 0 aromatic heterocycles. The molecule has 1 aliphatic carbocycles. The molecule has 0 aromatic rings. The van der Waals surface area contributed by atoms with E-state index in [1.807, 2.05) is 0 Å². The van der Waals surface area contributed by atoms with Crippen LogP contribution in [-0.2, 0) is 0 Å². The molecule has 64 valence electrons. The summed E-state index contributed by atoms with van der Waals surface area (Å²) in [7, 11) is 0. The summed E-state index contributed by atoms with van der Waals surface area (Å²) < 4.78 is 0. The number of hydrogen-bond acceptors (Lipinski definition) is 2. The average molecular weight is 156 g/mol. The van der Waals surface area contributed by atoms with Crippen LogP contribution in [0.25, 0.3) is 0 Å². The number of rotatable bonds is 2. The van der Waals surface area contributed by atoms with Gasteiger partial charge >= 0.3 is 0 Å². The maximum atomic E-state index is 9.80. The molecule has 0 amide bonds. The third-order valence-corrected chi connectivity index (χ3v) is 2.25. The molecule has 1 rings (SSSR count). The van der Waals surface area contributed by atoms with E-state index in [-0.39, 0.29) is 6.61 Å². The Morgan fingerprint density at radius 3 is 2.36 bits per heavy atom. The average Bonchev–Trinajstić information content (AvgIpc) is 2.03. The summed E-state index contributed by atoms with van der Waals surface area (Å²) in [5, 5.41) is 18.3. The summed E-state index contributed by atoms with van der Waals surface area (Å²) in [4.78, 5) is 0. The molecule has 0 aromatic carbocycles. The Morgan fingerprint density at radius 2 is 1.82 bits per heavy atom. The first-order valence-electron chi connectivity index (χ1n) is 4.28. The van der Waals surface area contributed by atoms with Gasteiger partial charge in [0.25, 0.3) is 0 Å². The second-order valence-corrected chi connectivity index (χ2v) is 3.25. The van der Waals surface area contributed by atoms with Crippen molar-refractivity contribution < 1.29 is 10.2 Å². The molecule has 1 saturated carbocycles. The van der Waals surface area contributed by atoms with Gasteiger partial charge in [-0.3, -0.25) is 0 Å². The monoisotopic (exact) mass is 156 g/mol. The molecular formula is C9H16O2. The summed E-state index contributed by atoms with van der Waals surface area (Å²) >= 11 is 0. The topological polar surface area (TPSA) is 40.5 Å². The van der Waals surface area contributed by atoms with Crippen LogP contribution in [0.5, 0.6) is 0 Å². The minimum absolute atomic E-state index is 0.0301. The van der Waals surface area contributed by atoms with Crippen molar-refractivity contribution in [2.75, 3.05) is 6.61 Å². The van der Waals surface area contributed by atoms with E-state index in [4.69, 9.17) is 5.11 Å². The molecule has 0 atom stereocenters. The maximum absolute atomic E-state index is 9.80. The van der Waals surface area contributed by atoms with Crippen molar-refractivity contribution in [1.29, 1.82) is 0 Å². The smallest absolute Gasteiger partial charge is 0.0828 e. The lowest BCUT2D eigenvalue weighted by atomic mass is 9.85. The van der Waals surface area contributed by atoms with Crippen molar-refractivity contribution in [3.63, 3.8) is 0 Å². The van der Waals surface area contributed by atoms with Crippen LogP contribution in [0.2, 0.25) is 0 Å². The Labute approximate surface area is 67.6 Å². The fraction of sp³-hybridized carbons (Fsp3) is 0.778. The van der Waals surface area contributed by atoms with Gasteiger partial charge in [-0.15, -0.1) is 0 Å². The van der Waals surface area contributed by atoms with Gasteiger partial charge < -0.3 is 10.2 Å². The predicted molar refractivity (Wildman–Crippen MR) is 44.3 cm³/mol. The lowest BCUT2D eigenvalue weighted by molar-refractivity contribution is 0.0507. The standard InChI is InChI=1S/C9H16O2/c10-8-4-7-9(11)5-2-1-3-6-9/h4,7,10-11H,1-3,5-6,8H2. The quantitative estimate of drug-likeness (QED) is 0.590. The molecule has 2 nitrogen and oxygen atoms in total. The van der Waals surface area contributed by atoms with Crippen LogP contribution in [0, 0.1) is 0 Å². The van der Waals surface area contributed by atoms with Crippen molar-refractivity contribution in [2.24, 2.45) is 0 Å². The van der Waals surface area contributed by atoms with Gasteiger partial charge in [0.1, 0.15) is 0 Å². The normalized spacial score (nSPS) is 24.2. The first kappa shape index (κ1) is 8.75. The molecule has 1 fully saturated rings. The SMILES string of the molecule is OCC=CC1(O)CCCCC1. The lowest BCUT2D eigenvalue weighted by Gasteiger charge is -2.28. The minimum atomic E-state index is -0.610. The van der Waals surface area contributed by atoms with Gasteiger partial charge in [-0.25, -0.2) is 0 Å². The van der Waals surface area contributed by atoms with Gasteiger partial charge in [0.05, 0.1) is 12.2 Å². The molecule has 11 heavy (non-hydrogen) atoms. The van der Waals surface area contributed by atoms with Gasteiger partial charge in [0.15, 0.2) is 0 Å². The summed E-state index contributed by atoms with van der Waals surface area (Å²) in [5.41, 5.74) is -0.610. The molecule has 0 unspecified atom stereocenters. The largest absolute Gasteiger partial charge is 0.392 e. The Balaban J connectivity index is 2.43. The van der Waals surface area contributed by atoms with Crippen LogP contribution < -0.4 is 0 Å². The van der Waals surface area contributed by atoms with Gasteiger partial charge in [-0.1, -0.05) is 31.4 Å². The van der Waals surface area contributed by atoms with E-state index in [1.54, 1.807) is 12.2 Å². The van der Waals surface area contributed by atoms with E-state index < -0.39 is 5.60 Å². The first-order valence-corrected chi connectivity index (χ1v) is 4.28. The summed E-state index contributed by atoms with van der Waals surface area (Å²) in [6, 6.07) is 0. The van der Waals surface area contributed by atoms with E-state index in [1.165, 1.54) is 6.42 Å². The Hall–Kier alpha value is -0.340. The second kappa shape index (κ2) is 3.88. The van der Waals surface area contributed by atoms with E-state index in [2.05, 4.69) is 0 Å². The molecule has 0 spiro atoms. The van der Waals surface area contributed by atoms with Crippen LogP contribution in [0.4, 0.5) is 0 Å². The highest BCUT2D eigenvalue weighted by Crippen LogP contribution is 2.28. The number of aliphatic hydroxyl groups excluding tert-OH is 1. The van der Waals surface area contributed by atoms with Gasteiger partial charge in [-0.2, -0.15) is 0 Å². The molecule has 1 aliphatic rings. The van der Waals surface area contributed by atoms with Crippen LogP contribution in [0.15, 0.2) is 12.2 Å². The third kappa shape index (κ3) is 2.64. The molecule has 0 bridgehead atoms. The highest BCUT2D eigenvalue weighted by atomic mass is 16.3. The second-order valence-electron chi connectivity index (χ2n) is 3.25. The maximum Gasteiger partial charge on any atom is 0.0828 e. The zero-order valence-corrected chi connectivity index (χ0v) is 6.79. The Bertz CT molecular complexity index is 134. The molecule has 0 saturated heterocycles. The summed E-state index contributed by atoms with van der Waals surface area (Å²) in [6.07, 6.45) is 8.51. The zero-order valence-electron chi connectivity index (χ0n) is 6.79. The van der Waals surface area contributed by atoms with Gasteiger partial charge in [-0.05, 0) is 12.8 Å². The molecule has 0 radical (unpaired) electrons. The van der Waals surface area contributed by atoms with Crippen molar-refractivity contribution in [3.8, 4) is 0 Å². The van der Waals surface area contributed by atoms with Crippen LogP contribution in [0.1, 0.15) is 32.1 Å². The van der Waals surface area contributed by atoms with E-state index in [9.17, 15) is 5.11 Å². The molecule has 2 heteroatoms. The summed E-state index contributed by atoms with van der Waals surface area (Å²) in [5.74, 6) is 0. The molecule has 0 heterocycles. The predicted octanol–water partition coefficient (Wildman–Crippen LogP) is 1.23. The fourth-order valence-electron chi connectivity index (χ4n) is 1.60. The minimum Gasteiger partial charge on any atom is -0.392 e. The zero-order chi connectivity index (χ0) is 8.16. The van der Waals surface area contributed by atoms with Crippen molar-refractivity contribution >= 4 is 0 Å². The number of aliphatic hydroxyl groups is 2. The van der Waals surface area contributed by atoms with E-state index in [0.29, 0.717) is 0 Å².